The molecular formula is C15H19Br2NO. The second-order valence-electron chi connectivity index (χ2n) is 5.24. The number of hydrogen-bond donors (Lipinski definition) is 1. The Balaban J connectivity index is 2.07. The van der Waals surface area contributed by atoms with Gasteiger partial charge in [-0.3, -0.25) is 4.79 Å². The molecule has 0 heterocycles. The van der Waals surface area contributed by atoms with Gasteiger partial charge in [0.1, 0.15) is 0 Å². The van der Waals surface area contributed by atoms with Crippen molar-refractivity contribution in [2.24, 2.45) is 5.92 Å². The van der Waals surface area contributed by atoms with Crippen molar-refractivity contribution in [2.75, 3.05) is 5.33 Å². The second-order valence-corrected chi connectivity index (χ2v) is 6.80. The van der Waals surface area contributed by atoms with Crippen LogP contribution in [0.5, 0.6) is 0 Å². The Morgan fingerprint density at radius 3 is 2.79 bits per heavy atom. The number of benzene rings is 1. The Bertz CT molecular complexity index is 461. The van der Waals surface area contributed by atoms with Gasteiger partial charge in [0.25, 0.3) is 5.91 Å². The van der Waals surface area contributed by atoms with Crippen LogP contribution in [0.1, 0.15) is 41.6 Å². The molecular weight excluding hydrogens is 370 g/mol. The minimum absolute atomic E-state index is 0.0582. The van der Waals surface area contributed by atoms with Crippen LogP contribution in [0.2, 0.25) is 0 Å². The van der Waals surface area contributed by atoms with Gasteiger partial charge >= 0.3 is 0 Å². The molecule has 1 aromatic rings. The number of hydrogen-bond acceptors (Lipinski definition) is 1. The summed E-state index contributed by atoms with van der Waals surface area (Å²) in [6.07, 6.45) is 4.79. The fourth-order valence-electron chi connectivity index (χ4n) is 2.71. The summed E-state index contributed by atoms with van der Waals surface area (Å²) < 4.78 is 1.01. The molecule has 104 valence electrons. The van der Waals surface area contributed by atoms with Crippen molar-refractivity contribution in [1.82, 2.24) is 5.32 Å². The van der Waals surface area contributed by atoms with Crippen molar-refractivity contribution in [1.29, 1.82) is 0 Å². The lowest BCUT2D eigenvalue weighted by molar-refractivity contribution is 0.0911. The molecule has 2 unspecified atom stereocenters. The summed E-state index contributed by atoms with van der Waals surface area (Å²) in [6.45, 7) is 1.97. The highest BCUT2D eigenvalue weighted by Gasteiger charge is 2.26. The molecule has 1 amide bonds. The Labute approximate surface area is 131 Å². The summed E-state index contributed by atoms with van der Waals surface area (Å²) in [6, 6.07) is 6.10. The number of nitrogens with one attached hydrogen (secondary N) is 1. The maximum absolute atomic E-state index is 12.4. The molecule has 0 spiro atoms. The first-order chi connectivity index (χ1) is 9.11. The van der Waals surface area contributed by atoms with Crippen LogP contribution < -0.4 is 5.32 Å². The van der Waals surface area contributed by atoms with Crippen LogP contribution in [-0.4, -0.2) is 17.3 Å². The quantitative estimate of drug-likeness (QED) is 0.762. The summed E-state index contributed by atoms with van der Waals surface area (Å²) in [5, 5.41) is 4.18. The highest BCUT2D eigenvalue weighted by atomic mass is 79.9. The van der Waals surface area contributed by atoms with Gasteiger partial charge in [0.2, 0.25) is 0 Å². The maximum Gasteiger partial charge on any atom is 0.251 e. The second kappa shape index (κ2) is 6.89. The molecule has 2 atom stereocenters. The Kier molecular flexibility index (Phi) is 5.46. The van der Waals surface area contributed by atoms with Crippen LogP contribution >= 0.6 is 31.9 Å². The molecule has 1 N–H and O–H groups in total. The monoisotopic (exact) mass is 387 g/mol. The molecule has 1 fully saturated rings. The topological polar surface area (TPSA) is 29.1 Å². The first-order valence-corrected chi connectivity index (χ1v) is 8.66. The fraction of sp³-hybridized carbons (Fsp3) is 0.533. The van der Waals surface area contributed by atoms with Gasteiger partial charge in [0, 0.05) is 21.4 Å². The number of alkyl halides is 1. The first kappa shape index (κ1) is 15.0. The van der Waals surface area contributed by atoms with Crippen LogP contribution in [0.3, 0.4) is 0 Å². The van der Waals surface area contributed by atoms with Gasteiger partial charge in [-0.15, -0.1) is 0 Å². The standard InChI is InChI=1S/C15H19Br2NO/c1-10-8-12(17)6-7-13(10)15(19)18-14-5-3-2-4-11(14)9-16/h6-8,11,14H,2-5,9H2,1H3,(H,18,19). The van der Waals surface area contributed by atoms with E-state index >= 15 is 0 Å². The van der Waals surface area contributed by atoms with Gasteiger partial charge in [0.05, 0.1) is 0 Å². The summed E-state index contributed by atoms with van der Waals surface area (Å²) in [5.74, 6) is 0.622. The van der Waals surface area contributed by atoms with Crippen molar-refractivity contribution in [3.8, 4) is 0 Å². The van der Waals surface area contributed by atoms with Crippen molar-refractivity contribution >= 4 is 37.8 Å². The predicted molar refractivity (Wildman–Crippen MR) is 85.9 cm³/mol. The van der Waals surface area contributed by atoms with E-state index in [-0.39, 0.29) is 5.91 Å². The summed E-state index contributed by atoms with van der Waals surface area (Å²) in [4.78, 5) is 12.4. The SMILES string of the molecule is Cc1cc(Br)ccc1C(=O)NC1CCCCC1CBr. The van der Waals surface area contributed by atoms with Gasteiger partial charge in [-0.2, -0.15) is 0 Å². The molecule has 2 nitrogen and oxygen atoms in total. The van der Waals surface area contributed by atoms with E-state index in [0.29, 0.717) is 12.0 Å². The van der Waals surface area contributed by atoms with E-state index in [4.69, 9.17) is 0 Å². The zero-order valence-corrected chi connectivity index (χ0v) is 14.3. The lowest BCUT2D eigenvalue weighted by atomic mass is 9.85. The van der Waals surface area contributed by atoms with E-state index in [9.17, 15) is 4.79 Å². The molecule has 2 rings (SSSR count). The van der Waals surface area contributed by atoms with E-state index < -0.39 is 0 Å². The highest BCUT2D eigenvalue weighted by Crippen LogP contribution is 2.26. The first-order valence-electron chi connectivity index (χ1n) is 6.75. The average molecular weight is 389 g/mol. The Morgan fingerprint density at radius 1 is 1.37 bits per heavy atom. The minimum atomic E-state index is 0.0582. The van der Waals surface area contributed by atoms with Crippen LogP contribution in [0.25, 0.3) is 0 Å². The minimum Gasteiger partial charge on any atom is -0.349 e. The van der Waals surface area contributed by atoms with E-state index in [2.05, 4.69) is 37.2 Å². The number of amides is 1. The number of carbonyl (C=O) groups excluding carboxylic acids is 1. The lowest BCUT2D eigenvalue weighted by Gasteiger charge is -2.31. The fourth-order valence-corrected chi connectivity index (χ4v) is 3.96. The van der Waals surface area contributed by atoms with Gasteiger partial charge in [0.15, 0.2) is 0 Å². The molecule has 0 aliphatic heterocycles. The van der Waals surface area contributed by atoms with E-state index in [1.807, 2.05) is 25.1 Å². The third-order valence-electron chi connectivity index (χ3n) is 3.86. The van der Waals surface area contributed by atoms with Crippen molar-refractivity contribution in [3.63, 3.8) is 0 Å². The number of rotatable bonds is 3. The molecule has 1 saturated carbocycles. The zero-order valence-electron chi connectivity index (χ0n) is 11.1. The normalized spacial score (nSPS) is 23.1. The molecule has 19 heavy (non-hydrogen) atoms. The summed E-state index contributed by atoms with van der Waals surface area (Å²) >= 11 is 6.99. The van der Waals surface area contributed by atoms with Gasteiger partial charge in [-0.1, -0.05) is 44.7 Å². The van der Waals surface area contributed by atoms with Crippen molar-refractivity contribution < 1.29 is 4.79 Å². The van der Waals surface area contributed by atoms with Crippen LogP contribution in [0.4, 0.5) is 0 Å². The van der Waals surface area contributed by atoms with Gasteiger partial charge in [-0.25, -0.2) is 0 Å². The largest absolute Gasteiger partial charge is 0.349 e. The maximum atomic E-state index is 12.4. The summed E-state index contributed by atoms with van der Waals surface area (Å²) in [7, 11) is 0. The molecule has 1 aliphatic rings. The molecule has 0 aromatic heterocycles. The van der Waals surface area contributed by atoms with Gasteiger partial charge < -0.3 is 5.32 Å². The average Bonchev–Trinajstić information content (AvgIpc) is 2.39. The van der Waals surface area contributed by atoms with Gasteiger partial charge in [-0.05, 0) is 49.4 Å². The van der Waals surface area contributed by atoms with E-state index in [1.54, 1.807) is 0 Å². The number of aryl methyl sites for hydroxylation is 1. The van der Waals surface area contributed by atoms with Crippen molar-refractivity contribution in [2.45, 2.75) is 38.6 Å². The third-order valence-corrected chi connectivity index (χ3v) is 5.18. The molecule has 1 aromatic carbocycles. The van der Waals surface area contributed by atoms with Crippen LogP contribution in [0, 0.1) is 12.8 Å². The zero-order chi connectivity index (χ0) is 13.8. The van der Waals surface area contributed by atoms with E-state index in [1.165, 1.54) is 19.3 Å². The summed E-state index contributed by atoms with van der Waals surface area (Å²) in [5.41, 5.74) is 1.79. The number of carbonyl (C=O) groups is 1. The molecule has 0 saturated heterocycles. The molecule has 0 radical (unpaired) electrons. The van der Waals surface area contributed by atoms with Crippen LogP contribution in [-0.2, 0) is 0 Å². The predicted octanol–water partition coefficient (Wildman–Crippen LogP) is 4.44. The third kappa shape index (κ3) is 3.82. The molecule has 4 heteroatoms. The van der Waals surface area contributed by atoms with E-state index in [0.717, 1.165) is 27.4 Å². The van der Waals surface area contributed by atoms with Crippen LogP contribution in [0.15, 0.2) is 22.7 Å². The lowest BCUT2D eigenvalue weighted by Crippen LogP contribution is -2.42. The number of halogens is 2. The Hall–Kier alpha value is -0.350. The molecule has 0 bridgehead atoms. The molecule has 1 aliphatic carbocycles. The smallest absolute Gasteiger partial charge is 0.251 e. The Morgan fingerprint density at radius 2 is 2.11 bits per heavy atom. The highest BCUT2D eigenvalue weighted by molar-refractivity contribution is 9.10. The van der Waals surface area contributed by atoms with Crippen molar-refractivity contribution in [3.05, 3.63) is 33.8 Å².